The fourth-order valence-electron chi connectivity index (χ4n) is 1.14. The van der Waals surface area contributed by atoms with Crippen molar-refractivity contribution in [2.75, 3.05) is 13.2 Å². The summed E-state index contributed by atoms with van der Waals surface area (Å²) >= 11 is 0. The molecule has 0 atom stereocenters. The van der Waals surface area contributed by atoms with Gasteiger partial charge in [-0.1, -0.05) is 0 Å². The summed E-state index contributed by atoms with van der Waals surface area (Å²) < 4.78 is 4.96. The lowest BCUT2D eigenvalue weighted by Crippen LogP contribution is -2.11. The lowest BCUT2D eigenvalue weighted by atomic mass is 10.2. The Morgan fingerprint density at radius 2 is 1.94 bits per heavy atom. The van der Waals surface area contributed by atoms with E-state index in [4.69, 9.17) is 4.74 Å². The first kappa shape index (κ1) is 13.4. The Morgan fingerprint density at radius 3 is 2.50 bits per heavy atom. The van der Waals surface area contributed by atoms with Crippen LogP contribution >= 0.6 is 0 Å². The standard InChI is InChI=1S/C9H8N2O7/c12-6-7-1-2-9(8(5-7)10(13)14)17-3-4-18-11(15)16/h1-2,5-6H,3-4H2. The number of hydrogen-bond acceptors (Lipinski definition) is 7. The molecule has 0 radical (unpaired) electrons. The van der Waals surface area contributed by atoms with Gasteiger partial charge in [-0.25, -0.2) is 0 Å². The second-order valence-corrected chi connectivity index (χ2v) is 3.01. The van der Waals surface area contributed by atoms with Crippen LogP contribution in [-0.4, -0.2) is 29.5 Å². The maximum absolute atomic E-state index is 10.7. The van der Waals surface area contributed by atoms with Gasteiger partial charge >= 0.3 is 5.69 Å². The van der Waals surface area contributed by atoms with Crippen molar-refractivity contribution in [1.29, 1.82) is 0 Å². The van der Waals surface area contributed by atoms with E-state index >= 15 is 0 Å². The number of hydrogen-bond donors (Lipinski definition) is 0. The molecule has 9 heteroatoms. The Labute approximate surface area is 100 Å². The fraction of sp³-hybridized carbons (Fsp3) is 0.222. The minimum Gasteiger partial charge on any atom is -0.485 e. The highest BCUT2D eigenvalue weighted by atomic mass is 17.0. The van der Waals surface area contributed by atoms with E-state index in [9.17, 15) is 25.0 Å². The number of rotatable bonds is 7. The van der Waals surface area contributed by atoms with Crippen molar-refractivity contribution in [1.82, 2.24) is 0 Å². The van der Waals surface area contributed by atoms with Crippen LogP contribution in [0.3, 0.4) is 0 Å². The van der Waals surface area contributed by atoms with E-state index in [2.05, 4.69) is 4.84 Å². The summed E-state index contributed by atoms with van der Waals surface area (Å²) in [7, 11) is 0. The lowest BCUT2D eigenvalue weighted by molar-refractivity contribution is -0.757. The molecule has 0 aliphatic heterocycles. The predicted molar refractivity (Wildman–Crippen MR) is 56.9 cm³/mol. The fourth-order valence-corrected chi connectivity index (χ4v) is 1.14. The van der Waals surface area contributed by atoms with Gasteiger partial charge in [-0.2, -0.15) is 0 Å². The van der Waals surface area contributed by atoms with Crippen molar-refractivity contribution < 1.29 is 24.4 Å². The Kier molecular flexibility index (Phi) is 4.55. The van der Waals surface area contributed by atoms with E-state index < -0.39 is 10.0 Å². The maximum atomic E-state index is 10.7. The van der Waals surface area contributed by atoms with Crippen LogP contribution in [0.15, 0.2) is 18.2 Å². The van der Waals surface area contributed by atoms with Crippen molar-refractivity contribution >= 4 is 12.0 Å². The van der Waals surface area contributed by atoms with Gasteiger partial charge in [-0.05, 0) is 12.1 Å². The molecule has 0 unspecified atom stereocenters. The quantitative estimate of drug-likeness (QED) is 0.308. The third kappa shape index (κ3) is 3.70. The molecule has 0 amide bonds. The van der Waals surface area contributed by atoms with Gasteiger partial charge in [0, 0.05) is 11.6 Å². The van der Waals surface area contributed by atoms with E-state index in [1.165, 1.54) is 12.1 Å². The number of carbonyl (C=O) groups excluding carboxylic acids is 1. The van der Waals surface area contributed by atoms with E-state index in [0.29, 0.717) is 6.29 Å². The number of carbonyl (C=O) groups is 1. The number of aldehydes is 1. The summed E-state index contributed by atoms with van der Waals surface area (Å²) in [6.07, 6.45) is 0.465. The molecule has 1 aromatic carbocycles. The molecular formula is C9H8N2O7. The molecule has 9 nitrogen and oxygen atoms in total. The highest BCUT2D eigenvalue weighted by Gasteiger charge is 2.15. The second kappa shape index (κ2) is 6.13. The van der Waals surface area contributed by atoms with Gasteiger partial charge in [-0.15, -0.1) is 10.1 Å². The molecule has 0 saturated carbocycles. The molecule has 0 saturated heterocycles. The van der Waals surface area contributed by atoms with Crippen LogP contribution in [0.1, 0.15) is 10.4 Å². The molecule has 0 spiro atoms. The van der Waals surface area contributed by atoms with Crippen LogP contribution in [0.25, 0.3) is 0 Å². The Morgan fingerprint density at radius 1 is 1.22 bits per heavy atom. The normalized spacial score (nSPS) is 9.56. The van der Waals surface area contributed by atoms with Gasteiger partial charge in [0.1, 0.15) is 19.5 Å². The van der Waals surface area contributed by atoms with Gasteiger partial charge in [0.25, 0.3) is 5.09 Å². The molecule has 0 aromatic heterocycles. The average molecular weight is 256 g/mol. The van der Waals surface area contributed by atoms with Crippen molar-refractivity contribution in [2.24, 2.45) is 0 Å². The first-order valence-corrected chi connectivity index (χ1v) is 4.68. The highest BCUT2D eigenvalue weighted by Crippen LogP contribution is 2.27. The molecule has 1 aromatic rings. The number of nitrogens with zero attached hydrogens (tertiary/aromatic N) is 2. The SMILES string of the molecule is O=Cc1ccc(OCCO[N+](=O)[O-])c([N+](=O)[O-])c1. The average Bonchev–Trinajstić information content (AvgIpc) is 2.34. The Bertz CT molecular complexity index is 474. The van der Waals surface area contributed by atoms with Gasteiger partial charge < -0.3 is 9.57 Å². The minimum atomic E-state index is -0.993. The van der Waals surface area contributed by atoms with Crippen molar-refractivity contribution in [3.8, 4) is 5.75 Å². The smallest absolute Gasteiger partial charge is 0.311 e. The van der Waals surface area contributed by atoms with Gasteiger partial charge in [0.2, 0.25) is 0 Å². The summed E-state index contributed by atoms with van der Waals surface area (Å²) in [5.74, 6) is -0.0856. The molecule has 0 aliphatic rings. The molecule has 0 heterocycles. The Hall–Kier alpha value is -2.71. The lowest BCUT2D eigenvalue weighted by Gasteiger charge is -2.06. The zero-order valence-electron chi connectivity index (χ0n) is 8.98. The predicted octanol–water partition coefficient (Wildman–Crippen LogP) is 0.994. The third-order valence-corrected chi connectivity index (χ3v) is 1.85. The summed E-state index contributed by atoms with van der Waals surface area (Å²) in [5.41, 5.74) is -0.253. The third-order valence-electron chi connectivity index (χ3n) is 1.85. The van der Waals surface area contributed by atoms with Crippen molar-refractivity contribution in [2.45, 2.75) is 0 Å². The zero-order valence-corrected chi connectivity index (χ0v) is 8.98. The van der Waals surface area contributed by atoms with E-state index in [0.717, 1.165) is 6.07 Å². The molecule has 96 valence electrons. The molecular weight excluding hydrogens is 248 g/mol. The van der Waals surface area contributed by atoms with Crippen LogP contribution < -0.4 is 4.74 Å². The molecule has 0 N–H and O–H groups in total. The second-order valence-electron chi connectivity index (χ2n) is 3.01. The van der Waals surface area contributed by atoms with Crippen LogP contribution in [0.5, 0.6) is 5.75 Å². The Balaban J connectivity index is 2.72. The van der Waals surface area contributed by atoms with Gasteiger partial charge in [0.15, 0.2) is 5.75 Å². The van der Waals surface area contributed by atoms with Gasteiger partial charge in [-0.3, -0.25) is 14.9 Å². The van der Waals surface area contributed by atoms with Crippen molar-refractivity contribution in [3.05, 3.63) is 44.0 Å². The number of nitro benzene ring substituents is 1. The molecule has 0 aliphatic carbocycles. The first-order valence-electron chi connectivity index (χ1n) is 4.68. The molecule has 0 bridgehead atoms. The highest BCUT2D eigenvalue weighted by molar-refractivity contribution is 5.77. The van der Waals surface area contributed by atoms with E-state index in [1.807, 2.05) is 0 Å². The van der Waals surface area contributed by atoms with E-state index in [-0.39, 0.29) is 30.2 Å². The first-order chi connectivity index (χ1) is 8.54. The summed E-state index contributed by atoms with van der Waals surface area (Å²) in [4.78, 5) is 34.3. The van der Waals surface area contributed by atoms with Crippen LogP contribution in [0.4, 0.5) is 5.69 Å². The van der Waals surface area contributed by atoms with Crippen molar-refractivity contribution in [3.63, 3.8) is 0 Å². The van der Waals surface area contributed by atoms with Crippen LogP contribution in [0.2, 0.25) is 0 Å². The van der Waals surface area contributed by atoms with E-state index in [1.54, 1.807) is 0 Å². The van der Waals surface area contributed by atoms with Gasteiger partial charge in [0.05, 0.1) is 4.92 Å². The number of nitro groups is 1. The topological polar surface area (TPSA) is 122 Å². The van der Waals surface area contributed by atoms with Crippen LogP contribution in [0, 0.1) is 20.2 Å². The monoisotopic (exact) mass is 256 g/mol. The molecule has 1 rings (SSSR count). The summed E-state index contributed by atoms with van der Waals surface area (Å²) in [6.45, 7) is -0.568. The number of benzene rings is 1. The maximum Gasteiger partial charge on any atom is 0.311 e. The minimum absolute atomic E-state index is 0.0856. The zero-order chi connectivity index (χ0) is 13.5. The summed E-state index contributed by atoms with van der Waals surface area (Å²) in [5, 5.41) is 19.6. The summed E-state index contributed by atoms with van der Waals surface area (Å²) in [6, 6.07) is 3.63. The molecule has 18 heavy (non-hydrogen) atoms. The largest absolute Gasteiger partial charge is 0.485 e. The molecule has 0 fully saturated rings. The van der Waals surface area contributed by atoms with Crippen LogP contribution in [-0.2, 0) is 4.84 Å². The number of ether oxygens (including phenoxy) is 1.